The zero-order chi connectivity index (χ0) is 15.5. The lowest BCUT2D eigenvalue weighted by Gasteiger charge is -2.35. The monoisotopic (exact) mass is 374 g/mol. The van der Waals surface area contributed by atoms with Gasteiger partial charge in [0.2, 0.25) is 0 Å². The third kappa shape index (κ3) is 5.71. The van der Waals surface area contributed by atoms with E-state index in [1.54, 1.807) is 0 Å². The Morgan fingerprint density at radius 1 is 1.22 bits per heavy atom. The number of rotatable bonds is 4. The highest BCUT2D eigenvalue weighted by Crippen LogP contribution is 2.37. The van der Waals surface area contributed by atoms with Gasteiger partial charge in [-0.05, 0) is 24.6 Å². The molecular weight excluding hydrogens is 352 g/mol. The molecule has 0 radical (unpaired) electrons. The summed E-state index contributed by atoms with van der Waals surface area (Å²) in [6, 6.07) is 3.01. The van der Waals surface area contributed by atoms with Gasteiger partial charge in [0.15, 0.2) is 0 Å². The van der Waals surface area contributed by atoms with Crippen molar-refractivity contribution in [2.75, 3.05) is 26.2 Å². The number of nitrogens with one attached hydrogen (secondary N) is 1. The number of hydrogen-bond donors (Lipinski definition) is 2. The molecule has 1 fully saturated rings. The minimum Gasteiger partial charge on any atom is -0.508 e. The molecular formula is C15H23Cl2F3N2O. The van der Waals surface area contributed by atoms with Gasteiger partial charge in [-0.2, -0.15) is 13.2 Å². The molecule has 1 aliphatic rings. The van der Waals surface area contributed by atoms with Crippen molar-refractivity contribution in [3.63, 3.8) is 0 Å². The van der Waals surface area contributed by atoms with Gasteiger partial charge in [0.1, 0.15) is 5.75 Å². The fourth-order valence-corrected chi connectivity index (χ4v) is 2.80. The predicted molar refractivity (Wildman–Crippen MR) is 89.7 cm³/mol. The van der Waals surface area contributed by atoms with Crippen molar-refractivity contribution < 1.29 is 18.3 Å². The van der Waals surface area contributed by atoms with Crippen molar-refractivity contribution in [2.24, 2.45) is 0 Å². The first-order valence-corrected chi connectivity index (χ1v) is 7.28. The van der Waals surface area contributed by atoms with Crippen molar-refractivity contribution in [1.82, 2.24) is 10.2 Å². The normalized spacial score (nSPS) is 17.0. The van der Waals surface area contributed by atoms with E-state index >= 15 is 0 Å². The van der Waals surface area contributed by atoms with Crippen molar-refractivity contribution in [3.8, 4) is 5.75 Å². The molecule has 0 amide bonds. The van der Waals surface area contributed by atoms with Gasteiger partial charge in [0.25, 0.3) is 0 Å². The Kier molecular flexibility index (Phi) is 9.28. The topological polar surface area (TPSA) is 35.5 Å². The molecule has 0 spiro atoms. The van der Waals surface area contributed by atoms with E-state index in [2.05, 4.69) is 10.2 Å². The largest absolute Gasteiger partial charge is 0.508 e. The number of hydrogen-bond acceptors (Lipinski definition) is 3. The summed E-state index contributed by atoms with van der Waals surface area (Å²) in [5, 5.41) is 13.2. The van der Waals surface area contributed by atoms with Gasteiger partial charge >= 0.3 is 6.18 Å². The molecule has 1 aromatic carbocycles. The van der Waals surface area contributed by atoms with Crippen LogP contribution in [0.5, 0.6) is 5.75 Å². The van der Waals surface area contributed by atoms with Gasteiger partial charge in [-0.3, -0.25) is 4.90 Å². The second-order valence-corrected chi connectivity index (χ2v) is 5.36. The minimum atomic E-state index is -4.39. The summed E-state index contributed by atoms with van der Waals surface area (Å²) in [7, 11) is 0. The number of phenolic OH excluding ortho intramolecular Hbond substituents is 1. The van der Waals surface area contributed by atoms with Crippen LogP contribution < -0.4 is 5.32 Å². The summed E-state index contributed by atoms with van der Waals surface area (Å²) in [5.41, 5.74) is -0.319. The van der Waals surface area contributed by atoms with Crippen LogP contribution >= 0.6 is 24.8 Å². The molecule has 23 heavy (non-hydrogen) atoms. The third-order valence-electron chi connectivity index (χ3n) is 3.87. The molecule has 1 saturated heterocycles. The maximum absolute atomic E-state index is 12.9. The van der Waals surface area contributed by atoms with Crippen LogP contribution in [0.25, 0.3) is 0 Å². The average molecular weight is 375 g/mol. The van der Waals surface area contributed by atoms with E-state index in [9.17, 15) is 18.3 Å². The number of piperazine rings is 1. The van der Waals surface area contributed by atoms with E-state index < -0.39 is 11.7 Å². The second kappa shape index (κ2) is 9.57. The standard InChI is InChI=1S/C15H21F3N2O.2ClH/c1-2-3-13(20-8-6-19-7-9-20)12-10-11(15(16,17)18)4-5-14(12)21;;/h4-5,10,13,19,21H,2-3,6-9H2,1H3;2*1H/t13-;;/m0../s1. The zero-order valence-corrected chi connectivity index (χ0v) is 14.5. The molecule has 1 atom stereocenters. The van der Waals surface area contributed by atoms with E-state index in [4.69, 9.17) is 0 Å². The Hall–Kier alpha value is -0.690. The van der Waals surface area contributed by atoms with Gasteiger partial charge in [-0.25, -0.2) is 0 Å². The lowest BCUT2D eigenvalue weighted by Crippen LogP contribution is -2.45. The molecule has 2 N–H and O–H groups in total. The molecule has 0 aromatic heterocycles. The fourth-order valence-electron chi connectivity index (χ4n) is 2.80. The van der Waals surface area contributed by atoms with Gasteiger partial charge in [-0.1, -0.05) is 13.3 Å². The van der Waals surface area contributed by atoms with Crippen LogP contribution in [0.3, 0.4) is 0 Å². The number of alkyl halides is 3. The lowest BCUT2D eigenvalue weighted by atomic mass is 9.96. The smallest absolute Gasteiger partial charge is 0.416 e. The van der Waals surface area contributed by atoms with Gasteiger partial charge in [0.05, 0.1) is 5.56 Å². The second-order valence-electron chi connectivity index (χ2n) is 5.36. The van der Waals surface area contributed by atoms with Crippen molar-refractivity contribution in [1.29, 1.82) is 0 Å². The number of aromatic hydroxyl groups is 1. The molecule has 3 nitrogen and oxygen atoms in total. The van der Waals surface area contributed by atoms with E-state index in [0.717, 1.165) is 57.2 Å². The van der Waals surface area contributed by atoms with E-state index in [0.29, 0.717) is 5.56 Å². The van der Waals surface area contributed by atoms with Crippen molar-refractivity contribution in [2.45, 2.75) is 32.0 Å². The molecule has 2 rings (SSSR count). The molecule has 1 heterocycles. The van der Waals surface area contributed by atoms with Crippen LogP contribution in [0.15, 0.2) is 18.2 Å². The van der Waals surface area contributed by atoms with E-state index in [-0.39, 0.29) is 36.6 Å². The first-order valence-electron chi connectivity index (χ1n) is 7.28. The van der Waals surface area contributed by atoms with Gasteiger partial charge in [-0.15, -0.1) is 24.8 Å². The van der Waals surface area contributed by atoms with Crippen LogP contribution in [-0.2, 0) is 6.18 Å². The Balaban J connectivity index is 0.00000242. The minimum absolute atomic E-state index is 0. The van der Waals surface area contributed by atoms with Crippen LogP contribution in [0.1, 0.15) is 36.9 Å². The SMILES string of the molecule is CCC[C@@H](c1cc(C(F)(F)F)ccc1O)N1CCNCC1.Cl.Cl. The number of nitrogens with zero attached hydrogens (tertiary/aromatic N) is 1. The molecule has 0 aliphatic carbocycles. The average Bonchev–Trinajstić information content (AvgIpc) is 2.45. The van der Waals surface area contributed by atoms with Crippen molar-refractivity contribution >= 4 is 24.8 Å². The molecule has 134 valence electrons. The summed E-state index contributed by atoms with van der Waals surface area (Å²) < 4.78 is 38.7. The van der Waals surface area contributed by atoms with Gasteiger partial charge < -0.3 is 10.4 Å². The first kappa shape index (κ1) is 22.3. The summed E-state index contributed by atoms with van der Waals surface area (Å²) >= 11 is 0. The van der Waals surface area contributed by atoms with Crippen LogP contribution in [-0.4, -0.2) is 36.2 Å². The first-order chi connectivity index (χ1) is 9.93. The molecule has 0 bridgehead atoms. The highest BCUT2D eigenvalue weighted by Gasteiger charge is 2.33. The van der Waals surface area contributed by atoms with Crippen LogP contribution in [0, 0.1) is 0 Å². The quantitative estimate of drug-likeness (QED) is 0.835. The molecule has 8 heteroatoms. The number of phenols is 1. The van der Waals surface area contributed by atoms with E-state index in [1.165, 1.54) is 0 Å². The predicted octanol–water partition coefficient (Wildman–Crippen LogP) is 4.00. The number of halogens is 5. The zero-order valence-electron chi connectivity index (χ0n) is 12.9. The summed E-state index contributed by atoms with van der Waals surface area (Å²) in [6.45, 7) is 5.19. The molecule has 0 saturated carbocycles. The Bertz CT molecular complexity index is 480. The summed E-state index contributed by atoms with van der Waals surface area (Å²) in [5.74, 6) is -0.0556. The summed E-state index contributed by atoms with van der Waals surface area (Å²) in [6.07, 6.45) is -2.80. The fraction of sp³-hybridized carbons (Fsp3) is 0.600. The lowest BCUT2D eigenvalue weighted by molar-refractivity contribution is -0.137. The Labute approximate surface area is 147 Å². The highest BCUT2D eigenvalue weighted by atomic mass is 35.5. The van der Waals surface area contributed by atoms with Crippen LogP contribution in [0.4, 0.5) is 13.2 Å². The Morgan fingerprint density at radius 3 is 2.35 bits per heavy atom. The maximum atomic E-state index is 12.9. The highest BCUT2D eigenvalue weighted by molar-refractivity contribution is 5.85. The molecule has 0 unspecified atom stereocenters. The molecule has 1 aromatic rings. The molecule has 1 aliphatic heterocycles. The number of benzene rings is 1. The maximum Gasteiger partial charge on any atom is 0.416 e. The van der Waals surface area contributed by atoms with Crippen LogP contribution in [0.2, 0.25) is 0 Å². The summed E-state index contributed by atoms with van der Waals surface area (Å²) in [4.78, 5) is 2.15. The van der Waals surface area contributed by atoms with Gasteiger partial charge in [0, 0.05) is 37.8 Å². The van der Waals surface area contributed by atoms with Crippen molar-refractivity contribution in [3.05, 3.63) is 29.3 Å². The Morgan fingerprint density at radius 2 is 1.83 bits per heavy atom. The third-order valence-corrected chi connectivity index (χ3v) is 3.87. The van der Waals surface area contributed by atoms with E-state index in [1.807, 2.05) is 6.92 Å².